The Labute approximate surface area is 102 Å². The van der Waals surface area contributed by atoms with Crippen LogP contribution >= 0.6 is 11.6 Å². The molecule has 0 aliphatic heterocycles. The van der Waals surface area contributed by atoms with Crippen LogP contribution in [0, 0.1) is 11.3 Å². The van der Waals surface area contributed by atoms with Crippen LogP contribution in [0.4, 0.5) is 5.69 Å². The number of aromatic nitrogens is 2. The summed E-state index contributed by atoms with van der Waals surface area (Å²) in [5.41, 5.74) is 6.33. The van der Waals surface area contributed by atoms with E-state index in [0.29, 0.717) is 22.2 Å². The minimum Gasteiger partial charge on any atom is -0.435 e. The molecule has 0 saturated carbocycles. The highest BCUT2D eigenvalue weighted by Crippen LogP contribution is 2.26. The number of nitrogens with zero attached hydrogens (tertiary/aromatic N) is 3. The van der Waals surface area contributed by atoms with E-state index in [2.05, 4.69) is 9.97 Å². The highest BCUT2D eigenvalue weighted by Gasteiger charge is 2.05. The summed E-state index contributed by atoms with van der Waals surface area (Å²) in [7, 11) is 0. The molecule has 2 rings (SSSR count). The van der Waals surface area contributed by atoms with Crippen LogP contribution < -0.4 is 10.5 Å². The standard InChI is InChI=1S/C11H7ClN4O/c12-7-3-10(14)11(16-5-7)17-9-2-1-8(4-13)15-6-9/h1-3,5-6H,14H2. The van der Waals surface area contributed by atoms with E-state index in [-0.39, 0.29) is 5.88 Å². The van der Waals surface area contributed by atoms with Crippen molar-refractivity contribution in [2.45, 2.75) is 0 Å². The van der Waals surface area contributed by atoms with E-state index in [0.717, 1.165) is 0 Å². The minimum atomic E-state index is 0.251. The molecule has 0 atom stereocenters. The Morgan fingerprint density at radius 1 is 1.29 bits per heavy atom. The van der Waals surface area contributed by atoms with Crippen LogP contribution in [0.5, 0.6) is 11.6 Å². The minimum absolute atomic E-state index is 0.251. The van der Waals surface area contributed by atoms with Crippen molar-refractivity contribution in [1.82, 2.24) is 9.97 Å². The molecule has 0 unspecified atom stereocenters. The van der Waals surface area contributed by atoms with Crippen LogP contribution in [0.2, 0.25) is 5.02 Å². The SMILES string of the molecule is N#Cc1ccc(Oc2ncc(Cl)cc2N)cn1. The molecule has 0 aliphatic rings. The predicted molar refractivity (Wildman–Crippen MR) is 62.7 cm³/mol. The molecule has 2 heterocycles. The first kappa shape index (κ1) is 11.2. The van der Waals surface area contributed by atoms with Crippen LogP contribution in [0.1, 0.15) is 5.69 Å². The van der Waals surface area contributed by atoms with E-state index in [1.54, 1.807) is 18.2 Å². The summed E-state index contributed by atoms with van der Waals surface area (Å²) < 4.78 is 5.40. The number of pyridine rings is 2. The van der Waals surface area contributed by atoms with Crippen LogP contribution in [-0.4, -0.2) is 9.97 Å². The highest BCUT2D eigenvalue weighted by atomic mass is 35.5. The van der Waals surface area contributed by atoms with Gasteiger partial charge in [-0.25, -0.2) is 9.97 Å². The van der Waals surface area contributed by atoms with E-state index < -0.39 is 0 Å². The van der Waals surface area contributed by atoms with Gasteiger partial charge in [-0.15, -0.1) is 0 Å². The summed E-state index contributed by atoms with van der Waals surface area (Å²) in [6, 6.07) is 6.61. The Morgan fingerprint density at radius 2 is 2.12 bits per heavy atom. The van der Waals surface area contributed by atoms with Gasteiger partial charge in [-0.05, 0) is 18.2 Å². The molecule has 0 aliphatic carbocycles. The third kappa shape index (κ3) is 2.62. The molecule has 0 spiro atoms. The lowest BCUT2D eigenvalue weighted by Gasteiger charge is -2.06. The number of hydrogen-bond acceptors (Lipinski definition) is 5. The molecule has 2 aromatic heterocycles. The molecule has 0 fully saturated rings. The average Bonchev–Trinajstić information content (AvgIpc) is 2.34. The van der Waals surface area contributed by atoms with Gasteiger partial charge in [0.05, 0.1) is 16.9 Å². The van der Waals surface area contributed by atoms with Gasteiger partial charge < -0.3 is 10.5 Å². The largest absolute Gasteiger partial charge is 0.435 e. The maximum Gasteiger partial charge on any atom is 0.242 e. The van der Waals surface area contributed by atoms with Gasteiger partial charge in [-0.2, -0.15) is 5.26 Å². The second-order valence-electron chi connectivity index (χ2n) is 3.14. The van der Waals surface area contributed by atoms with Crippen molar-refractivity contribution in [3.05, 3.63) is 41.3 Å². The van der Waals surface area contributed by atoms with Crippen LogP contribution in [0.25, 0.3) is 0 Å². The third-order valence-corrected chi connectivity index (χ3v) is 2.12. The molecule has 0 amide bonds. The first-order valence-electron chi connectivity index (χ1n) is 4.64. The molecule has 2 N–H and O–H groups in total. The van der Waals surface area contributed by atoms with E-state index in [1.165, 1.54) is 12.4 Å². The molecule has 17 heavy (non-hydrogen) atoms. The van der Waals surface area contributed by atoms with Gasteiger partial charge in [-0.1, -0.05) is 11.6 Å². The van der Waals surface area contributed by atoms with Gasteiger partial charge >= 0.3 is 0 Å². The zero-order valence-electron chi connectivity index (χ0n) is 8.59. The molecule has 0 aromatic carbocycles. The summed E-state index contributed by atoms with van der Waals surface area (Å²) in [4.78, 5) is 7.80. The Morgan fingerprint density at radius 3 is 2.71 bits per heavy atom. The number of ether oxygens (including phenoxy) is 1. The quantitative estimate of drug-likeness (QED) is 0.879. The maximum absolute atomic E-state index is 8.59. The predicted octanol–water partition coefficient (Wildman–Crippen LogP) is 2.38. The smallest absolute Gasteiger partial charge is 0.242 e. The molecular formula is C11H7ClN4O. The van der Waals surface area contributed by atoms with Crippen LogP contribution in [-0.2, 0) is 0 Å². The second kappa shape index (κ2) is 4.68. The fraction of sp³-hybridized carbons (Fsp3) is 0. The van der Waals surface area contributed by atoms with Gasteiger partial charge in [0.1, 0.15) is 17.5 Å². The lowest BCUT2D eigenvalue weighted by Crippen LogP contribution is -1.95. The Bertz CT molecular complexity index is 577. The molecular weight excluding hydrogens is 240 g/mol. The van der Waals surface area contributed by atoms with Crippen molar-refractivity contribution < 1.29 is 4.74 Å². The molecule has 0 saturated heterocycles. The van der Waals surface area contributed by atoms with Gasteiger partial charge in [0, 0.05) is 6.20 Å². The van der Waals surface area contributed by atoms with Crippen LogP contribution in [0.3, 0.4) is 0 Å². The van der Waals surface area contributed by atoms with Gasteiger partial charge in [0.25, 0.3) is 0 Å². The Hall–Kier alpha value is -2.32. The monoisotopic (exact) mass is 246 g/mol. The summed E-state index contributed by atoms with van der Waals surface area (Å²) in [5, 5.41) is 9.03. The molecule has 84 valence electrons. The van der Waals surface area contributed by atoms with E-state index in [9.17, 15) is 0 Å². The Kier molecular flexibility index (Phi) is 3.08. The lowest BCUT2D eigenvalue weighted by atomic mass is 10.3. The van der Waals surface area contributed by atoms with Crippen molar-refractivity contribution in [2.75, 3.05) is 5.73 Å². The highest BCUT2D eigenvalue weighted by molar-refractivity contribution is 6.30. The van der Waals surface area contributed by atoms with Gasteiger partial charge in [0.2, 0.25) is 5.88 Å². The van der Waals surface area contributed by atoms with Crippen LogP contribution in [0.15, 0.2) is 30.6 Å². The first-order valence-corrected chi connectivity index (χ1v) is 5.02. The zero-order chi connectivity index (χ0) is 12.3. The zero-order valence-corrected chi connectivity index (χ0v) is 9.35. The lowest BCUT2D eigenvalue weighted by molar-refractivity contribution is 0.463. The fourth-order valence-corrected chi connectivity index (χ4v) is 1.31. The summed E-state index contributed by atoms with van der Waals surface area (Å²) in [5.74, 6) is 0.700. The molecule has 0 radical (unpaired) electrons. The molecule has 2 aromatic rings. The summed E-state index contributed by atoms with van der Waals surface area (Å²) in [6.07, 6.45) is 2.86. The van der Waals surface area contributed by atoms with E-state index in [1.807, 2.05) is 6.07 Å². The summed E-state index contributed by atoms with van der Waals surface area (Å²) in [6.45, 7) is 0. The van der Waals surface area contributed by atoms with Gasteiger partial charge in [-0.3, -0.25) is 0 Å². The van der Waals surface area contributed by atoms with Crippen molar-refractivity contribution >= 4 is 17.3 Å². The number of nitrogen functional groups attached to an aromatic ring is 1. The number of rotatable bonds is 2. The molecule has 5 nitrogen and oxygen atoms in total. The number of nitriles is 1. The van der Waals surface area contributed by atoms with Crippen molar-refractivity contribution in [2.24, 2.45) is 0 Å². The number of nitrogens with two attached hydrogens (primary N) is 1. The topological polar surface area (TPSA) is 84.8 Å². The second-order valence-corrected chi connectivity index (χ2v) is 3.58. The van der Waals surface area contributed by atoms with Crippen molar-refractivity contribution in [1.29, 1.82) is 5.26 Å². The third-order valence-electron chi connectivity index (χ3n) is 1.91. The fourth-order valence-electron chi connectivity index (χ4n) is 1.15. The van der Waals surface area contributed by atoms with E-state index >= 15 is 0 Å². The number of halogens is 1. The number of hydrogen-bond donors (Lipinski definition) is 1. The number of anilines is 1. The Balaban J connectivity index is 2.23. The van der Waals surface area contributed by atoms with Crippen molar-refractivity contribution in [3.63, 3.8) is 0 Å². The molecule has 0 bridgehead atoms. The summed E-state index contributed by atoms with van der Waals surface area (Å²) >= 11 is 5.71. The normalized spacial score (nSPS) is 9.65. The average molecular weight is 247 g/mol. The maximum atomic E-state index is 8.59. The van der Waals surface area contributed by atoms with E-state index in [4.69, 9.17) is 27.3 Å². The van der Waals surface area contributed by atoms with Crippen molar-refractivity contribution in [3.8, 4) is 17.7 Å². The first-order chi connectivity index (χ1) is 8.19. The molecule has 6 heteroatoms. The van der Waals surface area contributed by atoms with Gasteiger partial charge in [0.15, 0.2) is 0 Å².